The Hall–Kier alpha value is -3.29. The van der Waals surface area contributed by atoms with Crippen LogP contribution in [0.5, 0.6) is 0 Å². The van der Waals surface area contributed by atoms with E-state index in [4.69, 9.17) is 4.98 Å². The third-order valence-corrected chi connectivity index (χ3v) is 9.73. The highest BCUT2D eigenvalue weighted by Crippen LogP contribution is 2.33. The van der Waals surface area contributed by atoms with Gasteiger partial charge in [0.15, 0.2) is 0 Å². The molecule has 6 rings (SSSR count). The van der Waals surface area contributed by atoms with Crippen molar-refractivity contribution in [1.82, 2.24) is 20.1 Å². The van der Waals surface area contributed by atoms with Crippen LogP contribution in [0.2, 0.25) is 0 Å². The van der Waals surface area contributed by atoms with Gasteiger partial charge in [-0.2, -0.15) is 0 Å². The normalized spacial score (nSPS) is 19.6. The molecule has 0 radical (unpaired) electrons. The molecule has 2 aliphatic heterocycles. The molecule has 42 heavy (non-hydrogen) atoms. The van der Waals surface area contributed by atoms with Gasteiger partial charge in [0.05, 0.1) is 22.3 Å². The zero-order chi connectivity index (χ0) is 28.9. The summed E-state index contributed by atoms with van der Waals surface area (Å²) in [5.74, 6) is -0.560. The van der Waals surface area contributed by atoms with Crippen LogP contribution in [-0.4, -0.2) is 70.5 Å². The Balaban J connectivity index is 1.36. The van der Waals surface area contributed by atoms with Crippen LogP contribution in [-0.2, 0) is 6.54 Å². The second-order valence-corrected chi connectivity index (χ2v) is 12.5. The Kier molecular flexibility index (Phi) is 9.15. The predicted octanol–water partition coefficient (Wildman–Crippen LogP) is 6.36. The van der Waals surface area contributed by atoms with Crippen LogP contribution in [0.3, 0.4) is 0 Å². The van der Waals surface area contributed by atoms with Crippen LogP contribution in [0, 0.1) is 5.92 Å². The molecule has 7 heteroatoms. The van der Waals surface area contributed by atoms with Crippen molar-refractivity contribution in [3.8, 4) is 11.3 Å². The average molecular weight is 569 g/mol. The number of fused-ring (bicyclic) bond motifs is 1. The summed E-state index contributed by atoms with van der Waals surface area (Å²) in [7, 11) is 0. The van der Waals surface area contributed by atoms with Crippen LogP contribution in [0.15, 0.2) is 48.5 Å². The summed E-state index contributed by atoms with van der Waals surface area (Å²) in [6.07, 6.45) is 12.3. The van der Waals surface area contributed by atoms with Gasteiger partial charge in [-0.05, 0) is 82.8 Å². The Morgan fingerprint density at radius 3 is 2.29 bits per heavy atom. The molecule has 2 saturated heterocycles. The number of aromatic nitrogens is 1. The van der Waals surface area contributed by atoms with Crippen molar-refractivity contribution >= 4 is 22.8 Å². The molecule has 1 saturated carbocycles. The molecule has 2 aromatic carbocycles. The van der Waals surface area contributed by atoms with Crippen LogP contribution in [0.25, 0.3) is 22.2 Å². The maximum Gasteiger partial charge on any atom is 0.335 e. The number of hydrogen-bond donors (Lipinski definition) is 2. The smallest absolute Gasteiger partial charge is 0.335 e. The number of pyridine rings is 1. The number of aromatic carboxylic acids is 1. The lowest BCUT2D eigenvalue weighted by Crippen LogP contribution is -2.46. The number of carbonyl (C=O) groups is 2. The van der Waals surface area contributed by atoms with E-state index >= 15 is 0 Å². The molecular formula is C35H44N4O3. The van der Waals surface area contributed by atoms with E-state index in [1.54, 1.807) is 18.2 Å². The molecule has 3 fully saturated rings. The summed E-state index contributed by atoms with van der Waals surface area (Å²) in [5.41, 5.74) is 4.02. The van der Waals surface area contributed by atoms with Gasteiger partial charge in [-0.25, -0.2) is 9.78 Å². The van der Waals surface area contributed by atoms with Crippen molar-refractivity contribution in [2.45, 2.75) is 76.8 Å². The molecule has 3 aliphatic rings. The molecule has 7 nitrogen and oxygen atoms in total. The van der Waals surface area contributed by atoms with E-state index < -0.39 is 5.97 Å². The average Bonchev–Trinajstić information content (AvgIpc) is 3.04. The van der Waals surface area contributed by atoms with E-state index in [0.717, 1.165) is 61.0 Å². The third kappa shape index (κ3) is 6.52. The van der Waals surface area contributed by atoms with E-state index in [1.165, 1.54) is 51.6 Å². The zero-order valence-electron chi connectivity index (χ0n) is 24.7. The first-order chi connectivity index (χ1) is 20.6. The lowest BCUT2D eigenvalue weighted by atomic mass is 9.89. The van der Waals surface area contributed by atoms with Crippen molar-refractivity contribution in [2.75, 3.05) is 32.7 Å². The molecule has 222 valence electrons. The molecule has 0 atom stereocenters. The van der Waals surface area contributed by atoms with Gasteiger partial charge in [-0.3, -0.25) is 9.69 Å². The van der Waals surface area contributed by atoms with Crippen molar-refractivity contribution in [3.63, 3.8) is 0 Å². The summed E-state index contributed by atoms with van der Waals surface area (Å²) in [6.45, 7) is 5.76. The number of likely N-dealkylation sites (tertiary alicyclic amines) is 2. The fraction of sp³-hybridized carbons (Fsp3) is 0.514. The summed E-state index contributed by atoms with van der Waals surface area (Å²) in [4.78, 5) is 36.2. The maximum absolute atomic E-state index is 14.1. The number of carboxylic acid groups (broad SMARTS) is 1. The highest BCUT2D eigenvalue weighted by molar-refractivity contribution is 6.10. The first-order valence-electron chi connectivity index (χ1n) is 16.1. The number of benzene rings is 2. The fourth-order valence-electron chi connectivity index (χ4n) is 7.35. The minimum absolute atomic E-state index is 0.0774. The molecule has 1 aromatic heterocycles. The Labute approximate surface area is 249 Å². The van der Waals surface area contributed by atoms with Crippen LogP contribution in [0.1, 0.15) is 90.5 Å². The van der Waals surface area contributed by atoms with Gasteiger partial charge in [0, 0.05) is 35.6 Å². The topological polar surface area (TPSA) is 85.8 Å². The number of nitrogens with one attached hydrogen (secondary N) is 1. The van der Waals surface area contributed by atoms with Crippen LogP contribution >= 0.6 is 0 Å². The largest absolute Gasteiger partial charge is 0.478 e. The van der Waals surface area contributed by atoms with Gasteiger partial charge in [-0.1, -0.05) is 62.1 Å². The molecular weight excluding hydrogens is 524 g/mol. The first-order valence-corrected chi connectivity index (χ1v) is 16.1. The molecule has 1 amide bonds. The van der Waals surface area contributed by atoms with Gasteiger partial charge in [0.1, 0.15) is 0 Å². The van der Waals surface area contributed by atoms with Gasteiger partial charge in [0.2, 0.25) is 0 Å². The second-order valence-electron chi connectivity index (χ2n) is 12.5. The van der Waals surface area contributed by atoms with E-state index in [9.17, 15) is 14.7 Å². The number of carboxylic acids is 1. The Bertz CT molecular complexity index is 1390. The minimum atomic E-state index is -0.996. The quantitative estimate of drug-likeness (QED) is 0.329. The maximum atomic E-state index is 14.1. The lowest BCUT2D eigenvalue weighted by molar-refractivity contribution is 0.0696. The SMILES string of the molecule is O=C(O)c1ccc2c(C(=O)NCC3CCCCC3)c(CN3CCC(N4CCCCC4)CC3)c(-c3ccccc3)nc2c1. The molecule has 0 spiro atoms. The van der Waals surface area contributed by atoms with E-state index in [0.29, 0.717) is 36.1 Å². The van der Waals surface area contributed by atoms with Crippen molar-refractivity contribution in [2.24, 2.45) is 5.92 Å². The van der Waals surface area contributed by atoms with Crippen LogP contribution in [0.4, 0.5) is 0 Å². The van der Waals surface area contributed by atoms with Crippen LogP contribution < -0.4 is 5.32 Å². The molecule has 0 bridgehead atoms. The molecule has 0 unspecified atom stereocenters. The minimum Gasteiger partial charge on any atom is -0.478 e. The van der Waals surface area contributed by atoms with E-state index in [-0.39, 0.29) is 11.5 Å². The van der Waals surface area contributed by atoms with Gasteiger partial charge >= 0.3 is 5.97 Å². The van der Waals surface area contributed by atoms with Gasteiger partial charge in [0.25, 0.3) is 5.91 Å². The van der Waals surface area contributed by atoms with Gasteiger partial charge < -0.3 is 15.3 Å². The van der Waals surface area contributed by atoms with Crippen molar-refractivity contribution in [1.29, 1.82) is 0 Å². The summed E-state index contributed by atoms with van der Waals surface area (Å²) in [5, 5.41) is 13.7. The second kappa shape index (κ2) is 13.3. The van der Waals surface area contributed by atoms with Crippen molar-refractivity contribution < 1.29 is 14.7 Å². The molecule has 1 aliphatic carbocycles. The number of hydrogen-bond acceptors (Lipinski definition) is 5. The molecule has 3 heterocycles. The highest BCUT2D eigenvalue weighted by Gasteiger charge is 2.29. The fourth-order valence-corrected chi connectivity index (χ4v) is 7.35. The number of carbonyl (C=O) groups excluding carboxylic acids is 1. The molecule has 2 N–H and O–H groups in total. The molecule has 3 aromatic rings. The number of amides is 1. The highest BCUT2D eigenvalue weighted by atomic mass is 16.4. The predicted molar refractivity (Wildman–Crippen MR) is 167 cm³/mol. The van der Waals surface area contributed by atoms with Crippen molar-refractivity contribution in [3.05, 3.63) is 65.2 Å². The van der Waals surface area contributed by atoms with E-state index in [2.05, 4.69) is 15.1 Å². The number of nitrogens with zero attached hydrogens (tertiary/aromatic N) is 3. The lowest BCUT2D eigenvalue weighted by Gasteiger charge is -2.40. The summed E-state index contributed by atoms with van der Waals surface area (Å²) >= 11 is 0. The third-order valence-electron chi connectivity index (χ3n) is 9.73. The van der Waals surface area contributed by atoms with E-state index in [1.807, 2.05) is 30.3 Å². The Morgan fingerprint density at radius 2 is 1.57 bits per heavy atom. The summed E-state index contributed by atoms with van der Waals surface area (Å²) in [6, 6.07) is 15.7. The first kappa shape index (κ1) is 28.8. The van der Waals surface area contributed by atoms with Gasteiger partial charge in [-0.15, -0.1) is 0 Å². The number of piperidine rings is 2. The number of rotatable bonds is 8. The standard InChI is InChI=1S/C35H44N4O3/c40-34(36-23-25-10-4-1-5-11-25)32-29-15-14-27(35(41)42)22-31(29)37-33(26-12-6-2-7-13-26)30(32)24-38-20-16-28(17-21-38)39-18-8-3-9-19-39/h2,6-7,12-15,22,25,28H,1,3-5,8-11,16-21,23-24H2,(H,36,40)(H,41,42). The zero-order valence-corrected chi connectivity index (χ0v) is 24.7. The monoisotopic (exact) mass is 568 g/mol. The summed E-state index contributed by atoms with van der Waals surface area (Å²) < 4.78 is 0. The Morgan fingerprint density at radius 1 is 0.857 bits per heavy atom.